The summed E-state index contributed by atoms with van der Waals surface area (Å²) in [6.07, 6.45) is 2.61. The molecule has 2 rings (SSSR count). The van der Waals surface area contributed by atoms with Gasteiger partial charge in [0.15, 0.2) is 5.82 Å². The van der Waals surface area contributed by atoms with E-state index in [1.807, 2.05) is 0 Å². The highest BCUT2D eigenvalue weighted by molar-refractivity contribution is 5.39. The Morgan fingerprint density at radius 3 is 2.84 bits per heavy atom. The summed E-state index contributed by atoms with van der Waals surface area (Å²) in [5.41, 5.74) is 0. The summed E-state index contributed by atoms with van der Waals surface area (Å²) in [6.45, 7) is 5.55. The van der Waals surface area contributed by atoms with E-state index in [-0.39, 0.29) is 0 Å². The topological polar surface area (TPSA) is 66.4 Å². The summed E-state index contributed by atoms with van der Waals surface area (Å²) in [6, 6.07) is 0. The maximum atomic E-state index is 5.01. The SMILES string of the molecule is COCCCNc1cnnc(N2CCN(C)CC2)n1. The van der Waals surface area contributed by atoms with Crippen LogP contribution in [0.3, 0.4) is 0 Å². The average molecular weight is 266 g/mol. The molecule has 0 spiro atoms. The summed E-state index contributed by atoms with van der Waals surface area (Å²) in [7, 11) is 3.84. The van der Waals surface area contributed by atoms with Crippen LogP contribution in [-0.2, 0) is 4.74 Å². The van der Waals surface area contributed by atoms with Gasteiger partial charge in [-0.05, 0) is 13.5 Å². The van der Waals surface area contributed by atoms with Crippen LogP contribution in [0.2, 0.25) is 0 Å². The van der Waals surface area contributed by atoms with Crippen LogP contribution in [0, 0.1) is 0 Å². The summed E-state index contributed by atoms with van der Waals surface area (Å²) in [5, 5.41) is 11.4. The molecule has 1 aromatic rings. The van der Waals surface area contributed by atoms with Crippen molar-refractivity contribution in [3.63, 3.8) is 0 Å². The van der Waals surface area contributed by atoms with E-state index in [0.717, 1.165) is 51.6 Å². The third kappa shape index (κ3) is 4.29. The second kappa shape index (κ2) is 7.20. The van der Waals surface area contributed by atoms with E-state index in [4.69, 9.17) is 4.74 Å². The molecule has 7 heteroatoms. The second-order valence-electron chi connectivity index (χ2n) is 4.71. The van der Waals surface area contributed by atoms with Crippen LogP contribution in [0.25, 0.3) is 0 Å². The van der Waals surface area contributed by atoms with Gasteiger partial charge in [-0.15, -0.1) is 5.10 Å². The van der Waals surface area contributed by atoms with E-state index in [1.165, 1.54) is 0 Å². The highest BCUT2D eigenvalue weighted by Crippen LogP contribution is 2.11. The fraction of sp³-hybridized carbons (Fsp3) is 0.750. The predicted molar refractivity (Wildman–Crippen MR) is 74.5 cm³/mol. The van der Waals surface area contributed by atoms with E-state index in [2.05, 4.69) is 37.3 Å². The lowest BCUT2D eigenvalue weighted by Crippen LogP contribution is -2.45. The number of piperazine rings is 1. The number of hydrogen-bond donors (Lipinski definition) is 1. The number of ether oxygens (including phenoxy) is 1. The third-order valence-electron chi connectivity index (χ3n) is 3.17. The zero-order valence-corrected chi connectivity index (χ0v) is 11.7. The molecule has 1 fully saturated rings. The number of aromatic nitrogens is 3. The van der Waals surface area contributed by atoms with Gasteiger partial charge in [0.2, 0.25) is 5.95 Å². The first-order chi connectivity index (χ1) is 9.29. The van der Waals surface area contributed by atoms with E-state index in [0.29, 0.717) is 5.95 Å². The van der Waals surface area contributed by atoms with E-state index < -0.39 is 0 Å². The van der Waals surface area contributed by atoms with E-state index in [1.54, 1.807) is 13.3 Å². The molecule has 0 unspecified atom stereocenters. The standard InChI is InChI=1S/C12H22N6O/c1-17-5-7-18(8-6-17)12-15-11(10-14-16-12)13-4-3-9-19-2/h10H,3-9H2,1-2H3,(H,13,15,16). The molecule has 106 valence electrons. The van der Waals surface area contributed by atoms with Gasteiger partial charge in [-0.25, -0.2) is 0 Å². The fourth-order valence-electron chi connectivity index (χ4n) is 1.95. The monoisotopic (exact) mass is 266 g/mol. The van der Waals surface area contributed by atoms with Gasteiger partial charge in [0.05, 0.1) is 6.20 Å². The Kier molecular flexibility index (Phi) is 5.29. The first kappa shape index (κ1) is 14.0. The van der Waals surface area contributed by atoms with Crippen molar-refractivity contribution >= 4 is 11.8 Å². The molecule has 0 atom stereocenters. The van der Waals surface area contributed by atoms with Crippen molar-refractivity contribution in [2.45, 2.75) is 6.42 Å². The number of likely N-dealkylation sites (N-methyl/N-ethyl adjacent to an activating group) is 1. The smallest absolute Gasteiger partial charge is 0.247 e. The third-order valence-corrected chi connectivity index (χ3v) is 3.17. The number of anilines is 2. The molecular weight excluding hydrogens is 244 g/mol. The van der Waals surface area contributed by atoms with Crippen LogP contribution in [0.1, 0.15) is 6.42 Å². The minimum Gasteiger partial charge on any atom is -0.385 e. The van der Waals surface area contributed by atoms with Crippen LogP contribution >= 0.6 is 0 Å². The molecule has 0 saturated carbocycles. The fourth-order valence-corrected chi connectivity index (χ4v) is 1.95. The number of rotatable bonds is 6. The van der Waals surface area contributed by atoms with E-state index in [9.17, 15) is 0 Å². The Labute approximate surface area is 114 Å². The summed E-state index contributed by atoms with van der Waals surface area (Å²) < 4.78 is 5.01. The van der Waals surface area contributed by atoms with Crippen molar-refractivity contribution in [3.05, 3.63) is 6.20 Å². The summed E-state index contributed by atoms with van der Waals surface area (Å²) in [5.74, 6) is 1.49. The summed E-state index contributed by atoms with van der Waals surface area (Å²) in [4.78, 5) is 8.98. The van der Waals surface area contributed by atoms with Gasteiger partial charge in [0.25, 0.3) is 0 Å². The van der Waals surface area contributed by atoms with Gasteiger partial charge in [-0.3, -0.25) is 0 Å². The maximum absolute atomic E-state index is 5.01. The number of hydrogen-bond acceptors (Lipinski definition) is 7. The van der Waals surface area contributed by atoms with Crippen molar-refractivity contribution in [1.82, 2.24) is 20.1 Å². The zero-order valence-electron chi connectivity index (χ0n) is 11.7. The van der Waals surface area contributed by atoms with Crippen molar-refractivity contribution in [1.29, 1.82) is 0 Å². The molecule has 0 radical (unpaired) electrons. The first-order valence-electron chi connectivity index (χ1n) is 6.65. The van der Waals surface area contributed by atoms with Crippen LogP contribution in [0.15, 0.2) is 6.20 Å². The highest BCUT2D eigenvalue weighted by atomic mass is 16.5. The predicted octanol–water partition coefficient (Wildman–Crippen LogP) is 0.0718. The number of methoxy groups -OCH3 is 1. The highest BCUT2D eigenvalue weighted by Gasteiger charge is 2.16. The van der Waals surface area contributed by atoms with Gasteiger partial charge < -0.3 is 19.9 Å². The molecule has 1 aliphatic rings. The zero-order chi connectivity index (χ0) is 13.5. The van der Waals surface area contributed by atoms with Gasteiger partial charge in [-0.1, -0.05) is 0 Å². The van der Waals surface area contributed by atoms with Crippen molar-refractivity contribution in [3.8, 4) is 0 Å². The number of nitrogens with one attached hydrogen (secondary N) is 1. The summed E-state index contributed by atoms with van der Waals surface area (Å²) >= 11 is 0. The lowest BCUT2D eigenvalue weighted by Gasteiger charge is -2.32. The van der Waals surface area contributed by atoms with Crippen LogP contribution < -0.4 is 10.2 Å². The van der Waals surface area contributed by atoms with Gasteiger partial charge >= 0.3 is 0 Å². The number of nitrogens with zero attached hydrogens (tertiary/aromatic N) is 5. The Hall–Kier alpha value is -1.47. The van der Waals surface area contributed by atoms with Crippen LogP contribution in [-0.4, -0.2) is 73.6 Å². The van der Waals surface area contributed by atoms with Gasteiger partial charge in [0.1, 0.15) is 0 Å². The molecule has 0 aromatic carbocycles. The lowest BCUT2D eigenvalue weighted by molar-refractivity contribution is 0.197. The Morgan fingerprint density at radius 1 is 1.32 bits per heavy atom. The molecule has 0 bridgehead atoms. The van der Waals surface area contributed by atoms with Crippen LogP contribution in [0.4, 0.5) is 11.8 Å². The molecular formula is C12H22N6O. The minimum absolute atomic E-state index is 0.713. The quantitative estimate of drug-likeness (QED) is 0.731. The normalized spacial score (nSPS) is 16.6. The Balaban J connectivity index is 1.87. The van der Waals surface area contributed by atoms with E-state index >= 15 is 0 Å². The van der Waals surface area contributed by atoms with Crippen molar-refractivity contribution in [2.75, 3.05) is 63.7 Å². The molecule has 2 heterocycles. The molecule has 1 saturated heterocycles. The van der Waals surface area contributed by atoms with Crippen molar-refractivity contribution < 1.29 is 4.74 Å². The second-order valence-corrected chi connectivity index (χ2v) is 4.71. The average Bonchev–Trinajstić information content (AvgIpc) is 2.45. The molecule has 1 aliphatic heterocycles. The van der Waals surface area contributed by atoms with Crippen LogP contribution in [0.5, 0.6) is 0 Å². The molecule has 19 heavy (non-hydrogen) atoms. The largest absolute Gasteiger partial charge is 0.385 e. The first-order valence-corrected chi connectivity index (χ1v) is 6.65. The van der Waals surface area contributed by atoms with Crippen molar-refractivity contribution in [2.24, 2.45) is 0 Å². The Bertz CT molecular complexity index is 380. The molecule has 7 nitrogen and oxygen atoms in total. The molecule has 0 aliphatic carbocycles. The Morgan fingerprint density at radius 2 is 2.11 bits per heavy atom. The minimum atomic E-state index is 0.713. The molecule has 1 N–H and O–H groups in total. The van der Waals surface area contributed by atoms with Gasteiger partial charge in [-0.2, -0.15) is 10.1 Å². The lowest BCUT2D eigenvalue weighted by atomic mass is 10.3. The maximum Gasteiger partial charge on any atom is 0.247 e. The van der Waals surface area contributed by atoms with Gasteiger partial charge in [0, 0.05) is 46.4 Å². The molecule has 1 aromatic heterocycles. The molecule has 0 amide bonds.